The second-order valence-corrected chi connectivity index (χ2v) is 7.16. The molecule has 0 bridgehead atoms. The topological polar surface area (TPSA) is 15.7 Å². The Morgan fingerprint density at radius 2 is 1.29 bits per heavy atom. The van der Waals surface area contributed by atoms with Crippen molar-refractivity contribution in [1.82, 2.24) is 10.0 Å². The maximum Gasteiger partial charge on any atom is 0.146 e. The van der Waals surface area contributed by atoms with Crippen LogP contribution in [0.4, 0.5) is 0 Å². The molecule has 0 amide bonds. The lowest BCUT2D eigenvalue weighted by Crippen LogP contribution is -2.32. The zero-order valence-corrected chi connectivity index (χ0v) is 16.6. The highest BCUT2D eigenvalue weighted by Gasteiger charge is 2.38. The molecule has 0 aliphatic carbocycles. The summed E-state index contributed by atoms with van der Waals surface area (Å²) in [6.07, 6.45) is -0.0407. The third-order valence-electron chi connectivity index (χ3n) is 5.39. The normalized spacial score (nSPS) is 18.4. The fraction of sp³-hybridized carbons (Fsp3) is 0.200. The molecule has 0 saturated heterocycles. The molecular formula is C25H26N2O. The van der Waals surface area contributed by atoms with Crippen LogP contribution in [-0.4, -0.2) is 24.1 Å². The Kier molecular flexibility index (Phi) is 5.18. The van der Waals surface area contributed by atoms with Crippen LogP contribution >= 0.6 is 0 Å². The smallest absolute Gasteiger partial charge is 0.146 e. The number of hydrogen-bond donors (Lipinski definition) is 0. The minimum absolute atomic E-state index is 0.0348. The molecule has 0 saturated carbocycles. The lowest BCUT2D eigenvalue weighted by molar-refractivity contribution is 0.0474. The Balaban J connectivity index is 1.81. The monoisotopic (exact) mass is 370 g/mol. The second-order valence-electron chi connectivity index (χ2n) is 7.16. The van der Waals surface area contributed by atoms with E-state index in [1.54, 1.807) is 0 Å². The van der Waals surface area contributed by atoms with Gasteiger partial charge in [0.1, 0.15) is 17.9 Å². The van der Waals surface area contributed by atoms with Crippen LogP contribution in [0.3, 0.4) is 0 Å². The molecule has 1 aliphatic rings. The van der Waals surface area contributed by atoms with Gasteiger partial charge in [-0.3, -0.25) is 0 Å². The van der Waals surface area contributed by atoms with Gasteiger partial charge in [0.2, 0.25) is 0 Å². The number of likely N-dealkylation sites (N-methyl/N-ethyl adjacent to an activating group) is 1. The Bertz CT molecular complexity index is 938. The van der Waals surface area contributed by atoms with Gasteiger partial charge in [-0.1, -0.05) is 91.0 Å². The number of benzene rings is 3. The van der Waals surface area contributed by atoms with E-state index in [0.29, 0.717) is 0 Å². The summed E-state index contributed by atoms with van der Waals surface area (Å²) in [5.74, 6) is 0.985. The summed E-state index contributed by atoms with van der Waals surface area (Å²) in [6.45, 7) is 2.12. The Hall–Kier alpha value is -3.04. The van der Waals surface area contributed by atoms with Crippen molar-refractivity contribution >= 4 is 5.70 Å². The van der Waals surface area contributed by atoms with Crippen LogP contribution in [-0.2, 0) is 4.74 Å². The van der Waals surface area contributed by atoms with E-state index in [-0.39, 0.29) is 12.1 Å². The predicted molar refractivity (Wildman–Crippen MR) is 114 cm³/mol. The summed E-state index contributed by atoms with van der Waals surface area (Å²) in [5.41, 5.74) is 4.66. The largest absolute Gasteiger partial charge is 0.486 e. The molecule has 0 radical (unpaired) electrons. The van der Waals surface area contributed by atoms with Crippen molar-refractivity contribution in [2.24, 2.45) is 0 Å². The second kappa shape index (κ2) is 7.91. The molecule has 2 unspecified atom stereocenters. The maximum atomic E-state index is 6.67. The number of rotatable bonds is 5. The van der Waals surface area contributed by atoms with E-state index in [1.165, 1.54) is 11.1 Å². The van der Waals surface area contributed by atoms with Gasteiger partial charge in [0, 0.05) is 19.7 Å². The fourth-order valence-corrected chi connectivity index (χ4v) is 3.82. The molecule has 3 aromatic rings. The quantitative estimate of drug-likeness (QED) is 0.576. The van der Waals surface area contributed by atoms with Crippen molar-refractivity contribution in [2.75, 3.05) is 14.1 Å². The van der Waals surface area contributed by atoms with E-state index in [4.69, 9.17) is 4.74 Å². The summed E-state index contributed by atoms with van der Waals surface area (Å²) in [5, 5.41) is 4.44. The van der Waals surface area contributed by atoms with E-state index in [0.717, 1.165) is 17.0 Å². The lowest BCUT2D eigenvalue weighted by atomic mass is 10.0. The Labute approximate surface area is 167 Å². The minimum atomic E-state index is -0.0407. The summed E-state index contributed by atoms with van der Waals surface area (Å²) in [4.78, 5) is 0. The molecular weight excluding hydrogens is 344 g/mol. The first-order chi connectivity index (χ1) is 13.7. The first kappa shape index (κ1) is 18.3. The van der Waals surface area contributed by atoms with Gasteiger partial charge in [-0.2, -0.15) is 0 Å². The molecule has 1 heterocycles. The van der Waals surface area contributed by atoms with Crippen LogP contribution in [0.5, 0.6) is 0 Å². The molecule has 3 aromatic carbocycles. The maximum absolute atomic E-state index is 6.67. The van der Waals surface area contributed by atoms with Crippen LogP contribution in [0.15, 0.2) is 96.8 Å². The van der Waals surface area contributed by atoms with E-state index < -0.39 is 0 Å². The van der Waals surface area contributed by atoms with Crippen LogP contribution in [0, 0.1) is 0 Å². The standard InChI is InChI=1S/C25H26N2O/c1-19(20-13-7-4-8-14-20)28-25-23(21-15-9-5-10-16-21)26(2)27(3)24(25)22-17-11-6-12-18-22/h4-19,23H,1-3H3. The van der Waals surface area contributed by atoms with Gasteiger partial charge in [-0.05, 0) is 18.1 Å². The van der Waals surface area contributed by atoms with Crippen LogP contribution in [0.1, 0.15) is 35.8 Å². The molecule has 142 valence electrons. The lowest BCUT2D eigenvalue weighted by Gasteiger charge is -2.29. The Morgan fingerprint density at radius 1 is 0.750 bits per heavy atom. The number of ether oxygens (including phenoxy) is 1. The number of hydrazine groups is 1. The van der Waals surface area contributed by atoms with Gasteiger partial charge in [0.25, 0.3) is 0 Å². The SMILES string of the molecule is CC(OC1=C(c2ccccc2)N(C)N(C)C1c1ccccc1)c1ccccc1. The van der Waals surface area contributed by atoms with E-state index in [2.05, 4.69) is 110 Å². The molecule has 28 heavy (non-hydrogen) atoms. The van der Waals surface area contributed by atoms with Crippen LogP contribution in [0.25, 0.3) is 5.70 Å². The van der Waals surface area contributed by atoms with E-state index >= 15 is 0 Å². The Morgan fingerprint density at radius 3 is 1.89 bits per heavy atom. The van der Waals surface area contributed by atoms with Crippen LogP contribution < -0.4 is 0 Å². The van der Waals surface area contributed by atoms with Gasteiger partial charge in [0.05, 0.1) is 5.70 Å². The van der Waals surface area contributed by atoms with Crippen molar-refractivity contribution in [1.29, 1.82) is 0 Å². The zero-order chi connectivity index (χ0) is 19.5. The highest BCUT2D eigenvalue weighted by Crippen LogP contribution is 2.44. The molecule has 0 fully saturated rings. The average Bonchev–Trinajstić information content (AvgIpc) is 2.99. The zero-order valence-electron chi connectivity index (χ0n) is 16.6. The number of hydrogen-bond acceptors (Lipinski definition) is 3. The molecule has 1 aliphatic heterocycles. The summed E-state index contributed by atoms with van der Waals surface area (Å²) < 4.78 is 6.67. The van der Waals surface area contributed by atoms with E-state index in [9.17, 15) is 0 Å². The van der Waals surface area contributed by atoms with E-state index in [1.807, 2.05) is 12.1 Å². The minimum Gasteiger partial charge on any atom is -0.486 e. The molecule has 4 rings (SSSR count). The highest BCUT2D eigenvalue weighted by molar-refractivity contribution is 5.69. The van der Waals surface area contributed by atoms with Crippen molar-refractivity contribution in [3.8, 4) is 0 Å². The van der Waals surface area contributed by atoms with Crippen molar-refractivity contribution in [3.05, 3.63) is 113 Å². The van der Waals surface area contributed by atoms with Crippen LogP contribution in [0.2, 0.25) is 0 Å². The third-order valence-corrected chi connectivity index (χ3v) is 5.39. The van der Waals surface area contributed by atoms with Gasteiger partial charge in [-0.15, -0.1) is 0 Å². The fourth-order valence-electron chi connectivity index (χ4n) is 3.82. The summed E-state index contributed by atoms with van der Waals surface area (Å²) >= 11 is 0. The molecule has 3 heteroatoms. The third kappa shape index (κ3) is 3.41. The first-order valence-corrected chi connectivity index (χ1v) is 9.69. The highest BCUT2D eigenvalue weighted by atomic mass is 16.5. The molecule has 0 aromatic heterocycles. The molecule has 3 nitrogen and oxygen atoms in total. The predicted octanol–water partition coefficient (Wildman–Crippen LogP) is 5.67. The van der Waals surface area contributed by atoms with Crippen molar-refractivity contribution in [3.63, 3.8) is 0 Å². The summed E-state index contributed by atoms with van der Waals surface area (Å²) in [7, 11) is 4.21. The summed E-state index contributed by atoms with van der Waals surface area (Å²) in [6, 6.07) is 31.5. The van der Waals surface area contributed by atoms with Gasteiger partial charge >= 0.3 is 0 Å². The first-order valence-electron chi connectivity index (χ1n) is 9.69. The number of nitrogens with zero attached hydrogens (tertiary/aromatic N) is 2. The molecule has 0 N–H and O–H groups in total. The molecule has 0 spiro atoms. The van der Waals surface area contributed by atoms with Gasteiger partial charge in [-0.25, -0.2) is 5.01 Å². The van der Waals surface area contributed by atoms with Crippen molar-refractivity contribution in [2.45, 2.75) is 19.1 Å². The van der Waals surface area contributed by atoms with Gasteiger partial charge in [0.15, 0.2) is 0 Å². The molecule has 2 atom stereocenters. The van der Waals surface area contributed by atoms with Gasteiger partial charge < -0.3 is 9.75 Å². The van der Waals surface area contributed by atoms with Crippen molar-refractivity contribution < 1.29 is 4.74 Å². The average molecular weight is 370 g/mol.